The molecule has 0 radical (unpaired) electrons. The highest BCUT2D eigenvalue weighted by Gasteiger charge is 2.63. The third-order valence-electron chi connectivity index (χ3n) is 2.55. The van der Waals surface area contributed by atoms with Crippen molar-refractivity contribution in [2.24, 2.45) is 5.41 Å². The minimum Gasteiger partial charge on any atom is -0.476 e. The maximum Gasteiger partial charge on any atom is 0.397 e. The molecular formula is C9H8BrF3N2O. The molecule has 7 heteroatoms. The van der Waals surface area contributed by atoms with Crippen LogP contribution in [0.3, 0.4) is 0 Å². The summed E-state index contributed by atoms with van der Waals surface area (Å²) in [6.45, 7) is -0.382. The topological polar surface area (TPSA) is 35.0 Å². The van der Waals surface area contributed by atoms with E-state index in [1.807, 2.05) is 0 Å². The number of ether oxygens (including phenoxy) is 1. The molecule has 0 saturated heterocycles. The van der Waals surface area contributed by atoms with E-state index in [-0.39, 0.29) is 25.3 Å². The van der Waals surface area contributed by atoms with Gasteiger partial charge in [0, 0.05) is 0 Å². The van der Waals surface area contributed by atoms with Crippen molar-refractivity contribution in [3.05, 3.63) is 17.0 Å². The molecule has 2 rings (SSSR count). The molecule has 1 aromatic rings. The molecule has 0 atom stereocenters. The number of aromatic nitrogens is 2. The van der Waals surface area contributed by atoms with Crippen LogP contribution in [0.1, 0.15) is 12.8 Å². The molecule has 1 heterocycles. The molecule has 3 nitrogen and oxygen atoms in total. The van der Waals surface area contributed by atoms with Crippen LogP contribution >= 0.6 is 15.9 Å². The van der Waals surface area contributed by atoms with Crippen molar-refractivity contribution in [1.29, 1.82) is 0 Å². The van der Waals surface area contributed by atoms with Crippen LogP contribution in [0.5, 0.6) is 5.88 Å². The summed E-state index contributed by atoms with van der Waals surface area (Å²) >= 11 is 3.07. The highest BCUT2D eigenvalue weighted by Crippen LogP contribution is 2.57. The molecule has 0 amide bonds. The Labute approximate surface area is 98.2 Å². The van der Waals surface area contributed by atoms with Gasteiger partial charge in [-0.3, -0.25) is 0 Å². The first-order valence-corrected chi connectivity index (χ1v) is 5.39. The van der Waals surface area contributed by atoms with Gasteiger partial charge in [-0.25, -0.2) is 9.97 Å². The van der Waals surface area contributed by atoms with Crippen molar-refractivity contribution in [1.82, 2.24) is 9.97 Å². The summed E-state index contributed by atoms with van der Waals surface area (Å²) in [5.74, 6) is 0.110. The zero-order chi connectivity index (χ0) is 11.8. The highest BCUT2D eigenvalue weighted by atomic mass is 79.9. The Morgan fingerprint density at radius 3 is 2.44 bits per heavy atom. The number of halogens is 4. The zero-order valence-electron chi connectivity index (χ0n) is 8.09. The highest BCUT2D eigenvalue weighted by molar-refractivity contribution is 9.10. The minimum atomic E-state index is -4.20. The van der Waals surface area contributed by atoms with Crippen molar-refractivity contribution in [2.45, 2.75) is 19.0 Å². The van der Waals surface area contributed by atoms with Gasteiger partial charge in [-0.2, -0.15) is 13.2 Å². The molecule has 1 aliphatic carbocycles. The van der Waals surface area contributed by atoms with Crippen LogP contribution in [-0.4, -0.2) is 22.8 Å². The molecule has 1 aromatic heterocycles. The minimum absolute atomic E-state index is 0.110. The third-order valence-corrected chi connectivity index (χ3v) is 2.96. The lowest BCUT2D eigenvalue weighted by Gasteiger charge is -2.18. The van der Waals surface area contributed by atoms with Gasteiger partial charge in [0.25, 0.3) is 0 Å². The van der Waals surface area contributed by atoms with E-state index in [1.54, 1.807) is 0 Å². The number of nitrogens with zero attached hydrogens (tertiary/aromatic N) is 2. The quantitative estimate of drug-likeness (QED) is 0.860. The molecule has 0 unspecified atom stereocenters. The lowest BCUT2D eigenvalue weighted by molar-refractivity contribution is -0.194. The smallest absolute Gasteiger partial charge is 0.397 e. The van der Waals surface area contributed by atoms with Gasteiger partial charge in [0.2, 0.25) is 5.88 Å². The van der Waals surface area contributed by atoms with Crippen LogP contribution in [0.25, 0.3) is 0 Å². The van der Waals surface area contributed by atoms with Gasteiger partial charge < -0.3 is 4.74 Å². The van der Waals surface area contributed by atoms with E-state index < -0.39 is 11.6 Å². The van der Waals surface area contributed by atoms with Crippen molar-refractivity contribution in [3.63, 3.8) is 0 Å². The second kappa shape index (κ2) is 3.87. The Hall–Kier alpha value is -0.850. The Balaban J connectivity index is 1.96. The van der Waals surface area contributed by atoms with Gasteiger partial charge >= 0.3 is 6.18 Å². The van der Waals surface area contributed by atoms with Crippen LogP contribution in [0, 0.1) is 5.41 Å². The average molecular weight is 297 g/mol. The first kappa shape index (κ1) is 11.6. The van der Waals surface area contributed by atoms with Gasteiger partial charge in [-0.1, -0.05) is 0 Å². The summed E-state index contributed by atoms with van der Waals surface area (Å²) in [7, 11) is 0. The van der Waals surface area contributed by atoms with Crippen LogP contribution in [-0.2, 0) is 0 Å². The predicted octanol–water partition coefficient (Wildman–Crippen LogP) is 2.96. The molecule has 1 fully saturated rings. The Morgan fingerprint density at radius 2 is 2.00 bits per heavy atom. The molecule has 1 saturated carbocycles. The van der Waals surface area contributed by atoms with Gasteiger partial charge in [-0.15, -0.1) is 0 Å². The van der Waals surface area contributed by atoms with Crippen molar-refractivity contribution in [2.75, 3.05) is 6.61 Å². The molecule has 1 aliphatic rings. The SMILES string of the molecule is FC(F)(F)C1(COc2cnc(Br)cn2)CC1. The first-order chi connectivity index (χ1) is 7.43. The molecular weight excluding hydrogens is 289 g/mol. The third kappa shape index (κ3) is 2.28. The normalized spacial score (nSPS) is 18.2. The standard InChI is InChI=1S/C9H8BrF3N2O/c10-6-3-15-7(4-14-6)16-5-8(1-2-8)9(11,12)13/h3-4H,1-2,5H2. The summed E-state index contributed by atoms with van der Waals surface area (Å²) in [5.41, 5.74) is -1.66. The van der Waals surface area contributed by atoms with E-state index in [4.69, 9.17) is 4.74 Å². The van der Waals surface area contributed by atoms with Crippen LogP contribution in [0.4, 0.5) is 13.2 Å². The molecule has 0 spiro atoms. The maximum absolute atomic E-state index is 12.5. The van der Waals surface area contributed by atoms with E-state index in [2.05, 4.69) is 25.9 Å². The maximum atomic E-state index is 12.5. The number of rotatable bonds is 3. The Kier molecular flexibility index (Phi) is 2.81. The first-order valence-electron chi connectivity index (χ1n) is 4.60. The predicted molar refractivity (Wildman–Crippen MR) is 52.9 cm³/mol. The Bertz CT molecular complexity index is 375. The van der Waals surface area contributed by atoms with E-state index in [9.17, 15) is 13.2 Å². The summed E-state index contributed by atoms with van der Waals surface area (Å²) in [5, 5.41) is 0. The van der Waals surface area contributed by atoms with E-state index in [0.29, 0.717) is 4.60 Å². The molecule has 0 aliphatic heterocycles. The zero-order valence-corrected chi connectivity index (χ0v) is 9.68. The van der Waals surface area contributed by atoms with E-state index >= 15 is 0 Å². The van der Waals surface area contributed by atoms with Crippen LogP contribution < -0.4 is 4.74 Å². The van der Waals surface area contributed by atoms with Gasteiger partial charge in [-0.05, 0) is 28.8 Å². The summed E-state index contributed by atoms with van der Waals surface area (Å²) < 4.78 is 43.1. The summed E-state index contributed by atoms with van der Waals surface area (Å²) in [4.78, 5) is 7.60. The molecule has 0 N–H and O–H groups in total. The largest absolute Gasteiger partial charge is 0.476 e. The van der Waals surface area contributed by atoms with Crippen molar-refractivity contribution < 1.29 is 17.9 Å². The second-order valence-electron chi connectivity index (χ2n) is 3.74. The number of hydrogen-bond acceptors (Lipinski definition) is 3. The fourth-order valence-corrected chi connectivity index (χ4v) is 1.45. The van der Waals surface area contributed by atoms with Crippen molar-refractivity contribution >= 4 is 15.9 Å². The van der Waals surface area contributed by atoms with Gasteiger partial charge in [0.15, 0.2) is 0 Å². The number of hydrogen-bond donors (Lipinski definition) is 0. The van der Waals surface area contributed by atoms with Crippen LogP contribution in [0.15, 0.2) is 17.0 Å². The molecule has 16 heavy (non-hydrogen) atoms. The lowest BCUT2D eigenvalue weighted by Crippen LogP contribution is -2.30. The Morgan fingerprint density at radius 1 is 1.31 bits per heavy atom. The van der Waals surface area contributed by atoms with E-state index in [1.165, 1.54) is 12.4 Å². The molecule has 88 valence electrons. The monoisotopic (exact) mass is 296 g/mol. The number of alkyl halides is 3. The van der Waals surface area contributed by atoms with E-state index in [0.717, 1.165) is 0 Å². The molecule has 0 bridgehead atoms. The molecule has 0 aromatic carbocycles. The second-order valence-corrected chi connectivity index (χ2v) is 4.56. The van der Waals surface area contributed by atoms with Crippen molar-refractivity contribution in [3.8, 4) is 5.88 Å². The lowest BCUT2D eigenvalue weighted by atomic mass is 10.1. The fourth-order valence-electron chi connectivity index (χ4n) is 1.25. The van der Waals surface area contributed by atoms with Gasteiger partial charge in [0.05, 0.1) is 12.4 Å². The summed E-state index contributed by atoms with van der Waals surface area (Å²) in [6.07, 6.45) is -1.28. The summed E-state index contributed by atoms with van der Waals surface area (Å²) in [6, 6.07) is 0. The van der Waals surface area contributed by atoms with Gasteiger partial charge in [0.1, 0.15) is 16.6 Å². The van der Waals surface area contributed by atoms with Crippen LogP contribution in [0.2, 0.25) is 0 Å². The average Bonchev–Trinajstić information content (AvgIpc) is 2.97. The fraction of sp³-hybridized carbons (Fsp3) is 0.556.